The van der Waals surface area contributed by atoms with Gasteiger partial charge < -0.3 is 4.74 Å². The number of thiol groups is 1. The lowest BCUT2D eigenvalue weighted by molar-refractivity contribution is 0.0111. The molecule has 1 aliphatic rings. The summed E-state index contributed by atoms with van der Waals surface area (Å²) in [5.74, 6) is -0.463. The Bertz CT molecular complexity index is 309. The molecule has 9 heteroatoms. The van der Waals surface area contributed by atoms with Crippen LogP contribution >= 0.6 is 12.6 Å². The molecule has 0 aromatic carbocycles. The Morgan fingerprint density at radius 1 is 1.60 bits per heavy atom. The first-order valence-corrected chi connectivity index (χ1v) is 6.38. The van der Waals surface area contributed by atoms with E-state index < -0.39 is 21.5 Å². The van der Waals surface area contributed by atoms with E-state index >= 15 is 0 Å². The van der Waals surface area contributed by atoms with Crippen LogP contribution in [0.4, 0.5) is 0 Å². The number of rotatable bonds is 4. The van der Waals surface area contributed by atoms with Gasteiger partial charge in [0.05, 0.1) is 6.17 Å². The summed E-state index contributed by atoms with van der Waals surface area (Å²) in [5, 5.41) is 1.68. The minimum absolute atomic E-state index is 0.227. The second-order valence-corrected chi connectivity index (χ2v) is 5.16. The van der Waals surface area contributed by atoms with Gasteiger partial charge >= 0.3 is 0 Å². The molecule has 90 valence electrons. The zero-order chi connectivity index (χ0) is 11.6. The third-order valence-corrected chi connectivity index (χ3v) is 3.14. The summed E-state index contributed by atoms with van der Waals surface area (Å²) in [6.07, 6.45) is -0.227. The molecule has 2 N–H and O–H groups in total. The van der Waals surface area contributed by atoms with Gasteiger partial charge in [-0.3, -0.25) is 4.55 Å². The lowest BCUT2D eigenvalue weighted by Gasteiger charge is -2.24. The Hall–Kier alpha value is 0.1000. The van der Waals surface area contributed by atoms with Crippen LogP contribution in [0.2, 0.25) is 0 Å². The summed E-state index contributed by atoms with van der Waals surface area (Å²) in [7, 11) is -2.51. The molecule has 2 unspecified atom stereocenters. The van der Waals surface area contributed by atoms with Crippen LogP contribution in [0, 0.1) is 0 Å². The van der Waals surface area contributed by atoms with Crippen molar-refractivity contribution >= 4 is 22.7 Å². The molecule has 0 spiro atoms. The molecule has 1 saturated heterocycles. The molecule has 0 amide bonds. The molecule has 1 rings (SSSR count). The van der Waals surface area contributed by atoms with E-state index in [2.05, 4.69) is 18.1 Å². The van der Waals surface area contributed by atoms with Crippen LogP contribution in [-0.2, 0) is 14.9 Å². The molecule has 1 fully saturated rings. The third kappa shape index (κ3) is 3.55. The van der Waals surface area contributed by atoms with Gasteiger partial charge in [0.2, 0.25) is 0 Å². The summed E-state index contributed by atoms with van der Waals surface area (Å²) >= 11 is 4.15. The van der Waals surface area contributed by atoms with Crippen molar-refractivity contribution in [2.75, 3.05) is 19.7 Å². The molecule has 0 radical (unpaired) electrons. The first-order valence-electron chi connectivity index (χ1n) is 4.26. The number of methoxy groups -OCH3 is 1. The summed E-state index contributed by atoms with van der Waals surface area (Å²) in [6.45, 7) is 2.09. The lowest BCUT2D eigenvalue weighted by atomic mass is 10.5. The highest BCUT2D eigenvalue weighted by atomic mass is 32.2. The summed E-state index contributed by atoms with van der Waals surface area (Å²) in [4.78, 5) is 1.48. The quantitative estimate of drug-likeness (QED) is 0.445. The van der Waals surface area contributed by atoms with Crippen LogP contribution in [-0.4, -0.2) is 54.3 Å². The molecule has 0 aromatic heterocycles. The molecule has 1 heterocycles. The Kier molecular flexibility index (Phi) is 4.35. The number of hydrazine groups is 1. The monoisotopic (exact) mass is 257 g/mol. The maximum atomic E-state index is 10.7. The van der Waals surface area contributed by atoms with Crippen molar-refractivity contribution in [2.45, 2.75) is 18.6 Å². The second kappa shape index (κ2) is 4.95. The van der Waals surface area contributed by atoms with Crippen LogP contribution in [0.25, 0.3) is 0 Å². The highest BCUT2D eigenvalue weighted by Gasteiger charge is 2.36. The highest BCUT2D eigenvalue weighted by Crippen LogP contribution is 2.18. The lowest BCUT2D eigenvalue weighted by Crippen LogP contribution is -2.41. The zero-order valence-corrected chi connectivity index (χ0v) is 10.2. The number of nitrogens with one attached hydrogen (secondary N) is 1. The van der Waals surface area contributed by atoms with Gasteiger partial charge in [-0.15, -0.1) is 12.6 Å². The van der Waals surface area contributed by atoms with Crippen LogP contribution in [0.5, 0.6) is 0 Å². The van der Waals surface area contributed by atoms with Crippen molar-refractivity contribution in [2.24, 2.45) is 0 Å². The van der Waals surface area contributed by atoms with Crippen LogP contribution in [0.15, 0.2) is 0 Å². The molecule has 15 heavy (non-hydrogen) atoms. The fraction of sp³-hybridized carbons (Fsp3) is 1.00. The molecule has 0 saturated carbocycles. The molecule has 2 atom stereocenters. The molecular formula is C6H15N3O4S2. The zero-order valence-electron chi connectivity index (χ0n) is 8.49. The normalized spacial score (nSPS) is 29.9. The Labute approximate surface area is 94.5 Å². The van der Waals surface area contributed by atoms with E-state index in [0.717, 1.165) is 0 Å². The topological polar surface area (TPSA) is 82.1 Å². The fourth-order valence-corrected chi connectivity index (χ4v) is 2.64. The van der Waals surface area contributed by atoms with E-state index in [4.69, 9.17) is 9.29 Å². The van der Waals surface area contributed by atoms with Crippen molar-refractivity contribution in [1.82, 2.24) is 15.3 Å². The molecule has 0 aliphatic carbocycles. The van der Waals surface area contributed by atoms with Gasteiger partial charge in [0, 0.05) is 7.11 Å². The van der Waals surface area contributed by atoms with Gasteiger partial charge in [-0.25, -0.2) is 10.3 Å². The van der Waals surface area contributed by atoms with Gasteiger partial charge in [0.1, 0.15) is 18.1 Å². The van der Waals surface area contributed by atoms with Crippen molar-refractivity contribution in [3.05, 3.63) is 0 Å². The number of ether oxygens (including phenoxy) is 1. The largest absolute Gasteiger partial charge is 0.368 e. The number of nitrogens with zero attached hydrogens (tertiary/aromatic N) is 2. The van der Waals surface area contributed by atoms with E-state index in [1.165, 1.54) is 12.0 Å². The highest BCUT2D eigenvalue weighted by molar-refractivity contribution is 7.85. The maximum Gasteiger partial charge on any atom is 0.278 e. The second-order valence-electron chi connectivity index (χ2n) is 3.25. The minimum atomic E-state index is -4.04. The number of hydrogen-bond acceptors (Lipinski definition) is 7. The van der Waals surface area contributed by atoms with Crippen molar-refractivity contribution in [1.29, 1.82) is 0 Å². The molecule has 0 aromatic rings. The standard InChI is InChI=1S/C6H15N3O4S2/c1-5-8(4-15(10,11)12)6(14)7-9(5)3-13-2/h5-7,14H,3-4H2,1-2H3,(H,10,11,12). The molecule has 7 nitrogen and oxygen atoms in total. The Balaban J connectivity index is 2.66. The summed E-state index contributed by atoms with van der Waals surface area (Å²) < 4.78 is 35.2. The van der Waals surface area contributed by atoms with Crippen molar-refractivity contribution in [3.63, 3.8) is 0 Å². The maximum absolute atomic E-state index is 10.7. The van der Waals surface area contributed by atoms with E-state index in [-0.39, 0.29) is 6.17 Å². The first-order chi connectivity index (χ1) is 6.85. The van der Waals surface area contributed by atoms with Gasteiger partial charge in [-0.05, 0) is 6.92 Å². The van der Waals surface area contributed by atoms with Crippen LogP contribution < -0.4 is 5.43 Å². The fourth-order valence-electron chi connectivity index (χ4n) is 1.36. The Morgan fingerprint density at radius 2 is 2.20 bits per heavy atom. The van der Waals surface area contributed by atoms with Gasteiger partial charge in [0.25, 0.3) is 10.1 Å². The molecule has 1 aliphatic heterocycles. The molecule has 0 bridgehead atoms. The average Bonchev–Trinajstić information content (AvgIpc) is 2.32. The predicted molar refractivity (Wildman–Crippen MR) is 57.3 cm³/mol. The van der Waals surface area contributed by atoms with Gasteiger partial charge in [0.15, 0.2) is 0 Å². The number of hydrogen-bond donors (Lipinski definition) is 3. The van der Waals surface area contributed by atoms with Crippen LogP contribution in [0.1, 0.15) is 6.92 Å². The van der Waals surface area contributed by atoms with E-state index in [1.807, 2.05) is 0 Å². The van der Waals surface area contributed by atoms with Gasteiger partial charge in [-0.1, -0.05) is 0 Å². The Morgan fingerprint density at radius 3 is 2.67 bits per heavy atom. The van der Waals surface area contributed by atoms with E-state index in [1.54, 1.807) is 11.9 Å². The average molecular weight is 257 g/mol. The minimum Gasteiger partial charge on any atom is -0.368 e. The predicted octanol–water partition coefficient (Wildman–Crippen LogP) is -0.883. The smallest absolute Gasteiger partial charge is 0.278 e. The van der Waals surface area contributed by atoms with Gasteiger partial charge in [-0.2, -0.15) is 13.4 Å². The van der Waals surface area contributed by atoms with Crippen LogP contribution in [0.3, 0.4) is 0 Å². The van der Waals surface area contributed by atoms with E-state index in [9.17, 15) is 8.42 Å². The summed E-state index contributed by atoms with van der Waals surface area (Å²) in [6, 6.07) is 0. The van der Waals surface area contributed by atoms with E-state index in [0.29, 0.717) is 6.73 Å². The SMILES string of the molecule is COCN1NC(S)N(CS(=O)(=O)O)C1C. The van der Waals surface area contributed by atoms with Crippen molar-refractivity contribution in [3.8, 4) is 0 Å². The third-order valence-electron chi connectivity index (χ3n) is 2.11. The van der Waals surface area contributed by atoms with Crippen molar-refractivity contribution < 1.29 is 17.7 Å². The summed E-state index contributed by atoms with van der Waals surface area (Å²) in [5.41, 5.74) is 2.44. The molecular weight excluding hydrogens is 242 g/mol. The first kappa shape index (κ1) is 13.2.